The van der Waals surface area contributed by atoms with E-state index < -0.39 is 5.97 Å². The zero-order chi connectivity index (χ0) is 16.4. The van der Waals surface area contributed by atoms with Crippen molar-refractivity contribution in [1.82, 2.24) is 4.90 Å². The lowest BCUT2D eigenvalue weighted by Crippen LogP contribution is -2.35. The smallest absolute Gasteiger partial charge is 0.337 e. The molecule has 0 unspecified atom stereocenters. The summed E-state index contributed by atoms with van der Waals surface area (Å²) in [5.41, 5.74) is 0.990. The molecule has 1 heterocycles. The Kier molecular flexibility index (Phi) is 4.19. The number of carbonyl (C=O) groups is 2. The molecule has 0 bridgehead atoms. The van der Waals surface area contributed by atoms with E-state index >= 15 is 0 Å². The van der Waals surface area contributed by atoms with Crippen LogP contribution in [0.5, 0.6) is 0 Å². The second-order valence-electron chi connectivity index (χ2n) is 5.70. The minimum atomic E-state index is -0.410. The fraction of sp³-hybridized carbons (Fsp3) is 0.333. The SMILES string of the molecule is COC(=O)c1ccc(C(=O)N(C2CC2)[C@H](C)c2ccco2)cc1. The number of furan rings is 1. The molecular formula is C18H19NO4. The number of amides is 1. The van der Waals surface area contributed by atoms with E-state index in [9.17, 15) is 9.59 Å². The quantitative estimate of drug-likeness (QED) is 0.793. The Morgan fingerprint density at radius 2 is 1.83 bits per heavy atom. The Bertz CT molecular complexity index is 686. The number of hydrogen-bond donors (Lipinski definition) is 0. The lowest BCUT2D eigenvalue weighted by Gasteiger charge is -2.28. The van der Waals surface area contributed by atoms with Gasteiger partial charge in [0.1, 0.15) is 5.76 Å². The van der Waals surface area contributed by atoms with Gasteiger partial charge in [0.25, 0.3) is 5.91 Å². The first-order valence-electron chi connectivity index (χ1n) is 7.66. The number of esters is 1. The van der Waals surface area contributed by atoms with Gasteiger partial charge in [-0.25, -0.2) is 4.79 Å². The zero-order valence-corrected chi connectivity index (χ0v) is 13.2. The minimum Gasteiger partial charge on any atom is -0.467 e. The second-order valence-corrected chi connectivity index (χ2v) is 5.70. The summed E-state index contributed by atoms with van der Waals surface area (Å²) in [6, 6.07) is 10.4. The maximum atomic E-state index is 12.9. The molecular weight excluding hydrogens is 294 g/mol. The van der Waals surface area contributed by atoms with E-state index in [1.807, 2.05) is 24.0 Å². The molecule has 1 aromatic carbocycles. The first-order valence-corrected chi connectivity index (χ1v) is 7.66. The monoisotopic (exact) mass is 313 g/mol. The van der Waals surface area contributed by atoms with Crippen molar-refractivity contribution in [2.45, 2.75) is 31.8 Å². The van der Waals surface area contributed by atoms with Crippen LogP contribution in [-0.4, -0.2) is 29.9 Å². The average molecular weight is 313 g/mol. The topological polar surface area (TPSA) is 59.8 Å². The molecule has 1 aliphatic carbocycles. The molecule has 3 rings (SSSR count). The van der Waals surface area contributed by atoms with Crippen LogP contribution >= 0.6 is 0 Å². The van der Waals surface area contributed by atoms with Crippen molar-refractivity contribution >= 4 is 11.9 Å². The highest BCUT2D eigenvalue weighted by atomic mass is 16.5. The number of carbonyl (C=O) groups excluding carboxylic acids is 2. The summed E-state index contributed by atoms with van der Waals surface area (Å²) in [5.74, 6) is 0.316. The first kappa shape index (κ1) is 15.3. The van der Waals surface area contributed by atoms with Gasteiger partial charge < -0.3 is 14.1 Å². The number of methoxy groups -OCH3 is 1. The lowest BCUT2D eigenvalue weighted by molar-refractivity contribution is 0.0597. The number of rotatable bonds is 5. The maximum Gasteiger partial charge on any atom is 0.337 e. The van der Waals surface area contributed by atoms with E-state index in [1.165, 1.54) is 7.11 Å². The highest BCUT2D eigenvalue weighted by Gasteiger charge is 2.37. The van der Waals surface area contributed by atoms with Crippen LogP contribution < -0.4 is 0 Å². The Labute approximate surface area is 134 Å². The molecule has 1 fully saturated rings. The molecule has 1 saturated carbocycles. The summed E-state index contributed by atoms with van der Waals surface area (Å²) in [7, 11) is 1.33. The average Bonchev–Trinajstić information content (AvgIpc) is 3.25. The molecule has 0 radical (unpaired) electrons. The third-order valence-electron chi connectivity index (χ3n) is 4.10. The van der Waals surface area contributed by atoms with Crippen LogP contribution in [0.1, 0.15) is 52.3 Å². The van der Waals surface area contributed by atoms with Crippen molar-refractivity contribution in [2.75, 3.05) is 7.11 Å². The molecule has 1 amide bonds. The van der Waals surface area contributed by atoms with Crippen molar-refractivity contribution in [3.8, 4) is 0 Å². The maximum absolute atomic E-state index is 12.9. The van der Waals surface area contributed by atoms with Crippen LogP contribution in [0.2, 0.25) is 0 Å². The third kappa shape index (κ3) is 3.13. The molecule has 0 N–H and O–H groups in total. The normalized spacial score (nSPS) is 15.0. The van der Waals surface area contributed by atoms with Gasteiger partial charge in [-0.1, -0.05) is 0 Å². The van der Waals surface area contributed by atoms with E-state index in [0.717, 1.165) is 18.6 Å². The van der Waals surface area contributed by atoms with Crippen LogP contribution in [0, 0.1) is 0 Å². The van der Waals surface area contributed by atoms with Gasteiger partial charge in [0.05, 0.1) is 25.0 Å². The van der Waals surface area contributed by atoms with Crippen molar-refractivity contribution in [3.63, 3.8) is 0 Å². The molecule has 5 heteroatoms. The van der Waals surface area contributed by atoms with Crippen LogP contribution in [0.3, 0.4) is 0 Å². The summed E-state index contributed by atoms with van der Waals surface area (Å²) < 4.78 is 10.1. The lowest BCUT2D eigenvalue weighted by atomic mass is 10.1. The van der Waals surface area contributed by atoms with Gasteiger partial charge in [-0.05, 0) is 56.2 Å². The van der Waals surface area contributed by atoms with Gasteiger partial charge in [-0.2, -0.15) is 0 Å². The van der Waals surface area contributed by atoms with E-state index in [4.69, 9.17) is 4.42 Å². The van der Waals surface area contributed by atoms with Crippen molar-refractivity contribution in [2.24, 2.45) is 0 Å². The summed E-state index contributed by atoms with van der Waals surface area (Å²) in [4.78, 5) is 26.2. The number of benzene rings is 1. The summed E-state index contributed by atoms with van der Waals surface area (Å²) in [5, 5.41) is 0. The number of hydrogen-bond acceptors (Lipinski definition) is 4. The fourth-order valence-corrected chi connectivity index (χ4v) is 2.69. The van der Waals surface area contributed by atoms with Crippen LogP contribution in [0.15, 0.2) is 47.1 Å². The van der Waals surface area contributed by atoms with E-state index in [0.29, 0.717) is 11.1 Å². The zero-order valence-electron chi connectivity index (χ0n) is 13.2. The van der Waals surface area contributed by atoms with Gasteiger partial charge in [0.2, 0.25) is 0 Å². The Morgan fingerprint density at radius 3 is 2.35 bits per heavy atom. The molecule has 23 heavy (non-hydrogen) atoms. The first-order chi connectivity index (χ1) is 11.1. The molecule has 1 atom stereocenters. The van der Waals surface area contributed by atoms with Gasteiger partial charge in [-0.3, -0.25) is 4.79 Å². The van der Waals surface area contributed by atoms with Gasteiger partial charge in [-0.15, -0.1) is 0 Å². The Balaban J connectivity index is 1.83. The minimum absolute atomic E-state index is 0.0483. The third-order valence-corrected chi connectivity index (χ3v) is 4.10. The van der Waals surface area contributed by atoms with Gasteiger partial charge in [0, 0.05) is 11.6 Å². The fourth-order valence-electron chi connectivity index (χ4n) is 2.69. The molecule has 1 aromatic heterocycles. The molecule has 120 valence electrons. The molecule has 0 spiro atoms. The van der Waals surface area contributed by atoms with Crippen LogP contribution in [0.4, 0.5) is 0 Å². The molecule has 0 aliphatic heterocycles. The van der Waals surface area contributed by atoms with E-state index in [1.54, 1.807) is 30.5 Å². The highest BCUT2D eigenvalue weighted by Crippen LogP contribution is 2.35. The summed E-state index contributed by atoms with van der Waals surface area (Å²) >= 11 is 0. The predicted octanol–water partition coefficient (Wildman–Crippen LogP) is 3.43. The van der Waals surface area contributed by atoms with Crippen LogP contribution in [-0.2, 0) is 4.74 Å². The molecule has 1 aliphatic rings. The van der Waals surface area contributed by atoms with Gasteiger partial charge >= 0.3 is 5.97 Å². The molecule has 5 nitrogen and oxygen atoms in total. The number of ether oxygens (including phenoxy) is 1. The van der Waals surface area contributed by atoms with E-state index in [-0.39, 0.29) is 18.0 Å². The Morgan fingerprint density at radius 1 is 1.17 bits per heavy atom. The summed E-state index contributed by atoms with van der Waals surface area (Å²) in [6.45, 7) is 1.97. The molecule has 0 saturated heterocycles. The summed E-state index contributed by atoms with van der Waals surface area (Å²) in [6.07, 6.45) is 3.64. The van der Waals surface area contributed by atoms with Crippen molar-refractivity contribution < 1.29 is 18.7 Å². The largest absolute Gasteiger partial charge is 0.467 e. The van der Waals surface area contributed by atoms with Gasteiger partial charge in [0.15, 0.2) is 0 Å². The van der Waals surface area contributed by atoms with Crippen molar-refractivity contribution in [3.05, 3.63) is 59.5 Å². The predicted molar refractivity (Wildman–Crippen MR) is 84.1 cm³/mol. The van der Waals surface area contributed by atoms with Crippen LogP contribution in [0.25, 0.3) is 0 Å². The molecule has 2 aromatic rings. The highest BCUT2D eigenvalue weighted by molar-refractivity contribution is 5.96. The second kappa shape index (κ2) is 6.28. The standard InChI is InChI=1S/C18H19NO4/c1-12(16-4-3-11-23-16)19(15-9-10-15)17(20)13-5-7-14(8-6-13)18(21)22-2/h3-8,11-12,15H,9-10H2,1-2H3/t12-/m1/s1. The van der Waals surface area contributed by atoms with E-state index in [2.05, 4.69) is 4.74 Å². The Hall–Kier alpha value is -2.56. The number of nitrogens with zero attached hydrogens (tertiary/aromatic N) is 1. The van der Waals surface area contributed by atoms with Crippen molar-refractivity contribution in [1.29, 1.82) is 0 Å².